The van der Waals surface area contributed by atoms with Gasteiger partial charge in [-0.05, 0) is 5.92 Å². The summed E-state index contributed by atoms with van der Waals surface area (Å²) < 4.78 is 0. The van der Waals surface area contributed by atoms with Gasteiger partial charge < -0.3 is 5.11 Å². The molecule has 0 heterocycles. The predicted octanol–water partition coefficient (Wildman–Crippen LogP) is 0.668. The van der Waals surface area contributed by atoms with E-state index in [1.54, 1.807) is 13.8 Å². The van der Waals surface area contributed by atoms with Gasteiger partial charge in [-0.1, -0.05) is 13.8 Å². The highest BCUT2D eigenvalue weighted by molar-refractivity contribution is 4.65. The average Bonchev–Trinajstić information content (AvgIpc) is 1.84. The van der Waals surface area contributed by atoms with E-state index >= 15 is 0 Å². The summed E-state index contributed by atoms with van der Waals surface area (Å²) in [5, 5.41) is 19.2. The van der Waals surface area contributed by atoms with Gasteiger partial charge in [-0.15, -0.1) is 0 Å². The lowest BCUT2D eigenvalue weighted by Gasteiger charge is -2.14. The second-order valence-electron chi connectivity index (χ2n) is 2.76. The fraction of sp³-hybridized carbons (Fsp3) is 1.00. The monoisotopic (exact) mass is 147 g/mol. The van der Waals surface area contributed by atoms with Gasteiger partial charge in [0.25, 0.3) is 0 Å². The Kier molecular flexibility index (Phi) is 3.28. The van der Waals surface area contributed by atoms with Crippen LogP contribution in [-0.4, -0.2) is 22.2 Å². The van der Waals surface area contributed by atoms with Crippen LogP contribution < -0.4 is 0 Å². The van der Waals surface area contributed by atoms with Gasteiger partial charge in [0.2, 0.25) is 6.04 Å². The average molecular weight is 147 g/mol. The lowest BCUT2D eigenvalue weighted by Crippen LogP contribution is -2.34. The summed E-state index contributed by atoms with van der Waals surface area (Å²) in [6, 6.07) is -0.861. The maximum absolute atomic E-state index is 10.1. The summed E-state index contributed by atoms with van der Waals surface area (Å²) in [6.07, 6.45) is -0.838. The van der Waals surface area contributed by atoms with Gasteiger partial charge in [0.05, 0.1) is 0 Å². The molecule has 0 saturated heterocycles. The maximum atomic E-state index is 10.1. The molecule has 0 rings (SSSR count). The van der Waals surface area contributed by atoms with Gasteiger partial charge in [0, 0.05) is 11.8 Å². The molecule has 0 amide bonds. The lowest BCUT2D eigenvalue weighted by molar-refractivity contribution is -0.531. The van der Waals surface area contributed by atoms with E-state index < -0.39 is 17.1 Å². The SMILES string of the molecule is CC(C)[C@H](O)[C@H](C)[N+](=O)[O-]. The molecule has 4 heteroatoms. The van der Waals surface area contributed by atoms with Crippen LogP contribution in [0.5, 0.6) is 0 Å². The summed E-state index contributed by atoms with van der Waals surface area (Å²) >= 11 is 0. The number of hydrogen-bond donors (Lipinski definition) is 1. The maximum Gasteiger partial charge on any atom is 0.236 e. The van der Waals surface area contributed by atoms with Gasteiger partial charge in [-0.2, -0.15) is 0 Å². The first-order chi connectivity index (χ1) is 4.46. The molecule has 0 bridgehead atoms. The van der Waals surface area contributed by atoms with Crippen molar-refractivity contribution in [3.63, 3.8) is 0 Å². The lowest BCUT2D eigenvalue weighted by atomic mass is 10.0. The Morgan fingerprint density at radius 3 is 1.90 bits per heavy atom. The summed E-state index contributed by atoms with van der Waals surface area (Å²) in [4.78, 5) is 9.62. The molecule has 0 aliphatic carbocycles. The zero-order chi connectivity index (χ0) is 8.31. The van der Waals surface area contributed by atoms with Crippen LogP contribution in [0.1, 0.15) is 20.8 Å². The second kappa shape index (κ2) is 3.51. The van der Waals surface area contributed by atoms with Gasteiger partial charge in [-0.3, -0.25) is 10.1 Å². The van der Waals surface area contributed by atoms with Crippen molar-refractivity contribution in [3.05, 3.63) is 10.1 Å². The first-order valence-corrected chi connectivity index (χ1v) is 3.28. The first kappa shape index (κ1) is 9.36. The molecule has 0 aromatic heterocycles. The zero-order valence-corrected chi connectivity index (χ0v) is 6.44. The summed E-state index contributed by atoms with van der Waals surface area (Å²) in [6.45, 7) is 4.92. The van der Waals surface area contributed by atoms with Gasteiger partial charge in [0.15, 0.2) is 0 Å². The molecule has 0 aliphatic rings. The summed E-state index contributed by atoms with van der Waals surface area (Å²) in [5.41, 5.74) is 0. The molecule has 0 aromatic rings. The molecule has 0 aliphatic heterocycles. The molecule has 10 heavy (non-hydrogen) atoms. The number of aliphatic hydroxyl groups is 1. The van der Waals surface area contributed by atoms with E-state index in [1.807, 2.05) is 0 Å². The Labute approximate surface area is 60.0 Å². The number of hydrogen-bond acceptors (Lipinski definition) is 3. The first-order valence-electron chi connectivity index (χ1n) is 3.28. The number of aliphatic hydroxyl groups excluding tert-OH is 1. The molecular weight excluding hydrogens is 134 g/mol. The second-order valence-corrected chi connectivity index (χ2v) is 2.76. The largest absolute Gasteiger partial charge is 0.386 e. The Bertz CT molecular complexity index is 124. The van der Waals surface area contributed by atoms with Crippen LogP contribution in [0.3, 0.4) is 0 Å². The molecule has 0 spiro atoms. The van der Waals surface area contributed by atoms with E-state index in [9.17, 15) is 10.1 Å². The van der Waals surface area contributed by atoms with Crippen molar-refractivity contribution in [2.45, 2.75) is 32.9 Å². The molecule has 0 saturated carbocycles. The van der Waals surface area contributed by atoms with E-state index in [0.717, 1.165) is 0 Å². The molecule has 0 unspecified atom stereocenters. The third-order valence-corrected chi connectivity index (χ3v) is 1.51. The van der Waals surface area contributed by atoms with E-state index in [-0.39, 0.29) is 5.92 Å². The zero-order valence-electron chi connectivity index (χ0n) is 6.44. The minimum absolute atomic E-state index is 0.0552. The normalized spacial score (nSPS) is 16.9. The van der Waals surface area contributed by atoms with Crippen LogP contribution in [0.2, 0.25) is 0 Å². The van der Waals surface area contributed by atoms with Gasteiger partial charge >= 0.3 is 0 Å². The van der Waals surface area contributed by atoms with Crippen LogP contribution in [0.25, 0.3) is 0 Å². The van der Waals surface area contributed by atoms with Crippen molar-refractivity contribution in [1.29, 1.82) is 0 Å². The molecule has 2 atom stereocenters. The molecule has 0 radical (unpaired) electrons. The van der Waals surface area contributed by atoms with Crippen molar-refractivity contribution < 1.29 is 10.0 Å². The Hall–Kier alpha value is -0.640. The quantitative estimate of drug-likeness (QED) is 0.471. The number of nitrogens with zero attached hydrogens (tertiary/aromatic N) is 1. The minimum Gasteiger partial charge on any atom is -0.386 e. The van der Waals surface area contributed by atoms with Gasteiger partial charge in [0.1, 0.15) is 6.10 Å². The molecular formula is C6H13NO3. The van der Waals surface area contributed by atoms with E-state index in [4.69, 9.17) is 5.11 Å². The topological polar surface area (TPSA) is 63.4 Å². The van der Waals surface area contributed by atoms with Crippen LogP contribution in [0.4, 0.5) is 0 Å². The molecule has 1 N–H and O–H groups in total. The van der Waals surface area contributed by atoms with Gasteiger partial charge in [-0.25, -0.2) is 0 Å². The third kappa shape index (κ3) is 2.31. The third-order valence-electron chi connectivity index (χ3n) is 1.51. The predicted molar refractivity (Wildman–Crippen MR) is 37.3 cm³/mol. The molecule has 4 nitrogen and oxygen atoms in total. The number of nitro groups is 1. The minimum atomic E-state index is -0.861. The van der Waals surface area contributed by atoms with E-state index in [2.05, 4.69) is 0 Å². The standard InChI is InChI=1S/C6H13NO3/c1-4(2)6(8)5(3)7(9)10/h4-6,8H,1-3H3/t5-,6-/m0/s1. The van der Waals surface area contributed by atoms with Crippen molar-refractivity contribution in [3.8, 4) is 0 Å². The Balaban J connectivity index is 3.94. The highest BCUT2D eigenvalue weighted by atomic mass is 16.6. The van der Waals surface area contributed by atoms with E-state index in [1.165, 1.54) is 6.92 Å². The van der Waals surface area contributed by atoms with Crippen molar-refractivity contribution in [1.82, 2.24) is 0 Å². The Morgan fingerprint density at radius 1 is 1.40 bits per heavy atom. The molecule has 0 fully saturated rings. The highest BCUT2D eigenvalue weighted by Crippen LogP contribution is 2.07. The molecule has 0 aromatic carbocycles. The van der Waals surface area contributed by atoms with Crippen molar-refractivity contribution in [2.75, 3.05) is 0 Å². The summed E-state index contributed by atoms with van der Waals surface area (Å²) in [7, 11) is 0. The fourth-order valence-electron chi connectivity index (χ4n) is 0.682. The summed E-state index contributed by atoms with van der Waals surface area (Å²) in [5.74, 6) is -0.0552. The smallest absolute Gasteiger partial charge is 0.236 e. The highest BCUT2D eigenvalue weighted by Gasteiger charge is 2.26. The van der Waals surface area contributed by atoms with Crippen LogP contribution >= 0.6 is 0 Å². The van der Waals surface area contributed by atoms with E-state index in [0.29, 0.717) is 0 Å². The van der Waals surface area contributed by atoms with Crippen LogP contribution in [0, 0.1) is 16.0 Å². The fourth-order valence-corrected chi connectivity index (χ4v) is 0.682. The van der Waals surface area contributed by atoms with Crippen LogP contribution in [0.15, 0.2) is 0 Å². The van der Waals surface area contributed by atoms with Crippen molar-refractivity contribution in [2.24, 2.45) is 5.92 Å². The van der Waals surface area contributed by atoms with Crippen molar-refractivity contribution >= 4 is 0 Å². The van der Waals surface area contributed by atoms with Crippen LogP contribution in [-0.2, 0) is 0 Å². The Morgan fingerprint density at radius 2 is 1.80 bits per heavy atom. The number of rotatable bonds is 3. The molecule has 60 valence electrons.